The number of nitrogens with one attached hydrogen (secondary N) is 2. The molecule has 0 saturated carbocycles. The highest BCUT2D eigenvalue weighted by Gasteiger charge is 2.32. The normalized spacial score (nSPS) is 18.1. The van der Waals surface area contributed by atoms with Gasteiger partial charge in [-0.15, -0.1) is 0 Å². The Bertz CT molecular complexity index is 1180. The second-order valence-corrected chi connectivity index (χ2v) is 9.22. The number of nitrogens with zero attached hydrogens (tertiary/aromatic N) is 2. The van der Waals surface area contributed by atoms with Crippen molar-refractivity contribution < 1.29 is 24.2 Å². The summed E-state index contributed by atoms with van der Waals surface area (Å²) < 4.78 is 5.80. The summed E-state index contributed by atoms with van der Waals surface area (Å²) in [6, 6.07) is 14.0. The molecule has 0 aliphatic carbocycles. The van der Waals surface area contributed by atoms with Crippen molar-refractivity contribution in [1.29, 1.82) is 0 Å². The number of carbonyl (C=O) groups is 3. The average Bonchev–Trinajstić information content (AvgIpc) is 3.02. The molecule has 0 bridgehead atoms. The molecule has 9 nitrogen and oxygen atoms in total. The number of hydrogen-bond acceptors (Lipinski definition) is 6. The van der Waals surface area contributed by atoms with E-state index in [0.717, 1.165) is 37.1 Å². The monoisotopic (exact) mass is 504 g/mol. The third-order valence-corrected chi connectivity index (χ3v) is 6.50. The quantitative estimate of drug-likeness (QED) is 0.408. The van der Waals surface area contributed by atoms with Crippen molar-refractivity contribution in [2.75, 3.05) is 44.7 Å². The molecule has 2 aliphatic rings. The maximum absolute atomic E-state index is 13.1. The van der Waals surface area contributed by atoms with E-state index in [0.29, 0.717) is 30.9 Å². The summed E-state index contributed by atoms with van der Waals surface area (Å²) in [6.45, 7) is 2.47. The van der Waals surface area contributed by atoms with Gasteiger partial charge < -0.3 is 25.4 Å². The molecular formula is C28H32N4O5. The van der Waals surface area contributed by atoms with Gasteiger partial charge in [0.15, 0.2) is 0 Å². The lowest BCUT2D eigenvalue weighted by Crippen LogP contribution is -2.53. The van der Waals surface area contributed by atoms with Crippen LogP contribution in [0.2, 0.25) is 0 Å². The lowest BCUT2D eigenvalue weighted by molar-refractivity contribution is -0.140. The Morgan fingerprint density at radius 3 is 2.62 bits per heavy atom. The smallest absolute Gasteiger partial charge is 0.310 e. The number of rotatable bonds is 5. The molecule has 3 N–H and O–H groups in total. The molecule has 0 radical (unpaired) electrons. The van der Waals surface area contributed by atoms with Crippen molar-refractivity contribution >= 4 is 23.4 Å². The summed E-state index contributed by atoms with van der Waals surface area (Å²) in [5.41, 5.74) is 2.33. The molecule has 9 heteroatoms. The number of fused-ring (bicyclic) bond motifs is 1. The number of anilines is 1. The topological polar surface area (TPSA) is 111 Å². The number of carbonyl (C=O) groups excluding carboxylic acids is 3. The van der Waals surface area contributed by atoms with E-state index in [1.165, 1.54) is 4.90 Å². The van der Waals surface area contributed by atoms with Gasteiger partial charge in [0.05, 0.1) is 18.3 Å². The van der Waals surface area contributed by atoms with E-state index in [1.807, 2.05) is 36.4 Å². The number of likely N-dealkylation sites (tertiary alicyclic amines) is 1. The Balaban J connectivity index is 1.32. The molecule has 2 aliphatic heterocycles. The van der Waals surface area contributed by atoms with Crippen LogP contribution in [0, 0.1) is 11.8 Å². The maximum Gasteiger partial charge on any atom is 0.310 e. The number of piperidine rings is 1. The predicted molar refractivity (Wildman–Crippen MR) is 139 cm³/mol. The van der Waals surface area contributed by atoms with E-state index in [2.05, 4.69) is 27.4 Å². The molecule has 0 unspecified atom stereocenters. The van der Waals surface area contributed by atoms with E-state index in [9.17, 15) is 19.5 Å². The summed E-state index contributed by atoms with van der Waals surface area (Å²) in [4.78, 5) is 41.4. The van der Waals surface area contributed by atoms with Gasteiger partial charge in [-0.25, -0.2) is 0 Å². The summed E-state index contributed by atoms with van der Waals surface area (Å²) in [5.74, 6) is 4.71. The van der Waals surface area contributed by atoms with Crippen molar-refractivity contribution in [2.24, 2.45) is 0 Å². The number of hydrogen-bond donors (Lipinski definition) is 3. The van der Waals surface area contributed by atoms with Crippen LogP contribution in [-0.4, -0.2) is 79.7 Å². The van der Waals surface area contributed by atoms with Crippen molar-refractivity contribution in [2.45, 2.75) is 31.4 Å². The minimum atomic E-state index is -1.01. The Morgan fingerprint density at radius 2 is 1.86 bits per heavy atom. The van der Waals surface area contributed by atoms with Crippen LogP contribution in [0.5, 0.6) is 5.75 Å². The van der Waals surface area contributed by atoms with Gasteiger partial charge in [0.1, 0.15) is 18.4 Å². The number of benzene rings is 2. The Kier molecular flexibility index (Phi) is 8.77. The zero-order chi connectivity index (χ0) is 26.2. The number of aliphatic hydroxyl groups is 1. The van der Waals surface area contributed by atoms with Gasteiger partial charge >= 0.3 is 11.8 Å². The number of amides is 3. The first-order valence-corrected chi connectivity index (χ1v) is 12.5. The molecule has 37 heavy (non-hydrogen) atoms. The summed E-state index contributed by atoms with van der Waals surface area (Å²) in [7, 11) is 1.60. The zero-order valence-electron chi connectivity index (χ0n) is 20.9. The molecule has 1 atom stereocenters. The van der Waals surface area contributed by atoms with Gasteiger partial charge in [-0.05, 0) is 43.0 Å². The highest BCUT2D eigenvalue weighted by molar-refractivity contribution is 6.35. The largest absolute Gasteiger partial charge is 0.489 e. The zero-order valence-corrected chi connectivity index (χ0v) is 20.9. The lowest BCUT2D eigenvalue weighted by atomic mass is 10.1. The van der Waals surface area contributed by atoms with Gasteiger partial charge in [-0.2, -0.15) is 0 Å². The van der Waals surface area contributed by atoms with Crippen LogP contribution in [-0.2, 0) is 20.8 Å². The van der Waals surface area contributed by atoms with Gasteiger partial charge in [0, 0.05) is 32.2 Å². The second-order valence-electron chi connectivity index (χ2n) is 9.22. The standard InChI is InChI=1S/C28H32N4O5/c1-31-24-18-21(8-5-15-32-16-12-22(33)13-17-32)9-10-25(24)37-19-23(28(31)36)30-27(35)26(34)29-14-11-20-6-3-2-4-7-20/h2-4,6-7,9-10,18,22-23,33H,11-17,19H2,1H3,(H,29,34)(H,30,35)/t23-/m0/s1. The second kappa shape index (κ2) is 12.4. The van der Waals surface area contributed by atoms with E-state index in [4.69, 9.17) is 4.74 Å². The van der Waals surface area contributed by atoms with Crippen molar-refractivity contribution in [3.63, 3.8) is 0 Å². The number of ether oxygens (including phenoxy) is 1. The SMILES string of the molecule is CN1C(=O)[C@@H](NC(=O)C(=O)NCCc2ccccc2)COc2ccc(C#CCN3CCC(O)CC3)cc21. The van der Waals surface area contributed by atoms with Crippen LogP contribution in [0.3, 0.4) is 0 Å². The highest BCUT2D eigenvalue weighted by Crippen LogP contribution is 2.31. The Hall–Kier alpha value is -3.87. The third-order valence-electron chi connectivity index (χ3n) is 6.50. The molecular weight excluding hydrogens is 472 g/mol. The van der Waals surface area contributed by atoms with Crippen LogP contribution in [0.4, 0.5) is 5.69 Å². The molecule has 3 amide bonds. The maximum atomic E-state index is 13.1. The fraction of sp³-hybridized carbons (Fsp3) is 0.393. The van der Waals surface area contributed by atoms with E-state index >= 15 is 0 Å². The molecule has 4 rings (SSSR count). The first-order valence-electron chi connectivity index (χ1n) is 12.5. The van der Waals surface area contributed by atoms with Gasteiger partial charge in [-0.3, -0.25) is 19.3 Å². The van der Waals surface area contributed by atoms with Crippen LogP contribution in [0.25, 0.3) is 0 Å². The lowest BCUT2D eigenvalue weighted by Gasteiger charge is -2.27. The fourth-order valence-electron chi connectivity index (χ4n) is 4.28. The van der Waals surface area contributed by atoms with E-state index in [-0.39, 0.29) is 18.6 Å². The van der Waals surface area contributed by atoms with Crippen molar-refractivity contribution in [3.8, 4) is 17.6 Å². The Morgan fingerprint density at radius 1 is 1.11 bits per heavy atom. The number of likely N-dealkylation sites (N-methyl/N-ethyl adjacent to an activating group) is 1. The van der Waals surface area contributed by atoms with Gasteiger partial charge in [0.2, 0.25) is 0 Å². The molecule has 2 aromatic carbocycles. The van der Waals surface area contributed by atoms with E-state index < -0.39 is 17.9 Å². The summed E-state index contributed by atoms with van der Waals surface area (Å²) >= 11 is 0. The highest BCUT2D eigenvalue weighted by atomic mass is 16.5. The van der Waals surface area contributed by atoms with Gasteiger partial charge in [0.25, 0.3) is 5.91 Å². The molecule has 2 aromatic rings. The molecule has 1 saturated heterocycles. The minimum Gasteiger partial charge on any atom is -0.489 e. The first kappa shape index (κ1) is 26.2. The summed E-state index contributed by atoms with van der Waals surface area (Å²) in [6.07, 6.45) is 1.90. The third kappa shape index (κ3) is 7.09. The molecule has 0 spiro atoms. The van der Waals surface area contributed by atoms with Crippen molar-refractivity contribution in [1.82, 2.24) is 15.5 Å². The Labute approximate surface area is 216 Å². The molecule has 2 heterocycles. The average molecular weight is 505 g/mol. The van der Waals surface area contributed by atoms with E-state index in [1.54, 1.807) is 19.2 Å². The van der Waals surface area contributed by atoms with Gasteiger partial charge in [-0.1, -0.05) is 42.2 Å². The van der Waals surface area contributed by atoms with Crippen LogP contribution >= 0.6 is 0 Å². The minimum absolute atomic E-state index is 0.0922. The molecule has 194 valence electrons. The summed E-state index contributed by atoms with van der Waals surface area (Å²) in [5, 5.41) is 14.7. The van der Waals surface area contributed by atoms with Crippen LogP contribution < -0.4 is 20.3 Å². The van der Waals surface area contributed by atoms with Crippen LogP contribution in [0.1, 0.15) is 24.0 Å². The first-order chi connectivity index (χ1) is 17.9. The predicted octanol–water partition coefficient (Wildman–Crippen LogP) is 0.694. The molecule has 1 fully saturated rings. The number of aliphatic hydroxyl groups excluding tert-OH is 1. The van der Waals surface area contributed by atoms with Crippen molar-refractivity contribution in [3.05, 3.63) is 59.7 Å². The molecule has 0 aromatic heterocycles. The fourth-order valence-corrected chi connectivity index (χ4v) is 4.28. The van der Waals surface area contributed by atoms with Crippen LogP contribution in [0.15, 0.2) is 48.5 Å².